The molecule has 0 aliphatic carbocycles. The number of ether oxygens (including phenoxy) is 1. The molecule has 1 rings (SSSR count). The lowest BCUT2D eigenvalue weighted by Crippen LogP contribution is -2.12. The van der Waals surface area contributed by atoms with Crippen molar-refractivity contribution in [3.05, 3.63) is 34.9 Å². The number of hydrogen-bond donors (Lipinski definition) is 0. The summed E-state index contributed by atoms with van der Waals surface area (Å²) in [4.78, 5) is 23.1. The summed E-state index contributed by atoms with van der Waals surface area (Å²) in [6.45, 7) is 6.15. The van der Waals surface area contributed by atoms with Crippen molar-refractivity contribution in [2.24, 2.45) is 0 Å². The SMILES string of the molecule is CCCOC(=O)CC(=O)c1cc(C)cc(C)c1. The highest BCUT2D eigenvalue weighted by atomic mass is 16.5. The monoisotopic (exact) mass is 234 g/mol. The Morgan fingerprint density at radius 2 is 1.71 bits per heavy atom. The van der Waals surface area contributed by atoms with E-state index in [1.165, 1.54) is 0 Å². The third-order valence-electron chi connectivity index (χ3n) is 2.32. The zero-order chi connectivity index (χ0) is 12.8. The number of carbonyl (C=O) groups is 2. The fraction of sp³-hybridized carbons (Fsp3) is 0.429. The van der Waals surface area contributed by atoms with Gasteiger partial charge in [-0.2, -0.15) is 0 Å². The summed E-state index contributed by atoms with van der Waals surface area (Å²) in [5.41, 5.74) is 2.63. The Kier molecular flexibility index (Phi) is 4.88. The van der Waals surface area contributed by atoms with Gasteiger partial charge in [0, 0.05) is 5.56 Å². The summed E-state index contributed by atoms with van der Waals surface area (Å²) in [6, 6.07) is 5.58. The largest absolute Gasteiger partial charge is 0.465 e. The first-order valence-corrected chi connectivity index (χ1v) is 5.80. The number of carbonyl (C=O) groups excluding carboxylic acids is 2. The van der Waals surface area contributed by atoms with Crippen molar-refractivity contribution in [1.82, 2.24) is 0 Å². The number of Topliss-reactive ketones (excluding diaryl/α,β-unsaturated/α-hetero) is 1. The molecule has 0 aliphatic heterocycles. The van der Waals surface area contributed by atoms with Gasteiger partial charge in [-0.3, -0.25) is 9.59 Å². The molecule has 92 valence electrons. The van der Waals surface area contributed by atoms with Crippen molar-refractivity contribution < 1.29 is 14.3 Å². The first-order valence-electron chi connectivity index (χ1n) is 5.80. The standard InChI is InChI=1S/C14H18O3/c1-4-5-17-14(16)9-13(15)12-7-10(2)6-11(3)8-12/h6-8H,4-5,9H2,1-3H3. The Morgan fingerprint density at radius 3 is 2.24 bits per heavy atom. The summed E-state index contributed by atoms with van der Waals surface area (Å²) < 4.78 is 4.88. The van der Waals surface area contributed by atoms with Crippen LogP contribution in [-0.4, -0.2) is 18.4 Å². The number of aryl methyl sites for hydroxylation is 2. The van der Waals surface area contributed by atoms with E-state index in [1.54, 1.807) is 12.1 Å². The number of rotatable bonds is 5. The molecule has 0 unspecified atom stereocenters. The maximum absolute atomic E-state index is 11.8. The van der Waals surface area contributed by atoms with Crippen molar-refractivity contribution >= 4 is 11.8 Å². The Hall–Kier alpha value is -1.64. The average Bonchev–Trinajstić information content (AvgIpc) is 2.25. The smallest absolute Gasteiger partial charge is 0.313 e. The van der Waals surface area contributed by atoms with Crippen LogP contribution >= 0.6 is 0 Å². The van der Waals surface area contributed by atoms with E-state index in [2.05, 4.69) is 0 Å². The van der Waals surface area contributed by atoms with Gasteiger partial charge in [-0.05, 0) is 32.4 Å². The van der Waals surface area contributed by atoms with E-state index in [0.717, 1.165) is 17.5 Å². The second-order valence-electron chi connectivity index (χ2n) is 4.20. The van der Waals surface area contributed by atoms with Crippen LogP contribution in [0.5, 0.6) is 0 Å². The van der Waals surface area contributed by atoms with E-state index in [-0.39, 0.29) is 12.2 Å². The molecule has 3 heteroatoms. The molecule has 0 amide bonds. The third-order valence-corrected chi connectivity index (χ3v) is 2.32. The van der Waals surface area contributed by atoms with Crippen molar-refractivity contribution in [3.63, 3.8) is 0 Å². The second-order valence-corrected chi connectivity index (χ2v) is 4.20. The predicted octanol–water partition coefficient (Wildman–Crippen LogP) is 2.83. The average molecular weight is 234 g/mol. The molecule has 1 aromatic rings. The van der Waals surface area contributed by atoms with Gasteiger partial charge in [-0.15, -0.1) is 0 Å². The molecule has 0 saturated heterocycles. The fourth-order valence-electron chi connectivity index (χ4n) is 1.64. The van der Waals surface area contributed by atoms with Crippen molar-refractivity contribution in [2.75, 3.05) is 6.61 Å². The molecule has 0 radical (unpaired) electrons. The minimum Gasteiger partial charge on any atom is -0.465 e. The fourth-order valence-corrected chi connectivity index (χ4v) is 1.64. The van der Waals surface area contributed by atoms with Crippen LogP contribution in [0.4, 0.5) is 0 Å². The normalized spacial score (nSPS) is 10.1. The molecule has 17 heavy (non-hydrogen) atoms. The van der Waals surface area contributed by atoms with Crippen molar-refractivity contribution in [3.8, 4) is 0 Å². The van der Waals surface area contributed by atoms with Crippen LogP contribution in [-0.2, 0) is 9.53 Å². The Labute approximate surface area is 102 Å². The van der Waals surface area contributed by atoms with Gasteiger partial charge in [0.2, 0.25) is 0 Å². The number of esters is 1. The van der Waals surface area contributed by atoms with Gasteiger partial charge < -0.3 is 4.74 Å². The maximum atomic E-state index is 11.8. The molecule has 0 aliphatic rings. The number of benzene rings is 1. The predicted molar refractivity (Wildman–Crippen MR) is 66.1 cm³/mol. The number of ketones is 1. The summed E-state index contributed by atoms with van der Waals surface area (Å²) in [6.07, 6.45) is 0.590. The van der Waals surface area contributed by atoms with E-state index in [9.17, 15) is 9.59 Å². The van der Waals surface area contributed by atoms with E-state index >= 15 is 0 Å². The Balaban J connectivity index is 2.66. The summed E-state index contributed by atoms with van der Waals surface area (Å²) in [5, 5.41) is 0. The van der Waals surface area contributed by atoms with Crippen molar-refractivity contribution in [1.29, 1.82) is 0 Å². The van der Waals surface area contributed by atoms with Gasteiger partial charge in [0.1, 0.15) is 6.42 Å². The zero-order valence-corrected chi connectivity index (χ0v) is 10.6. The third kappa shape index (κ3) is 4.39. The van der Waals surface area contributed by atoms with Crippen LogP contribution in [0.3, 0.4) is 0 Å². The number of hydrogen-bond acceptors (Lipinski definition) is 3. The molecule has 1 aromatic carbocycles. The van der Waals surface area contributed by atoms with Gasteiger partial charge in [0.05, 0.1) is 6.61 Å². The van der Waals surface area contributed by atoms with E-state index < -0.39 is 5.97 Å². The minimum absolute atomic E-state index is 0.178. The molecule has 0 spiro atoms. The topological polar surface area (TPSA) is 43.4 Å². The molecule has 0 atom stereocenters. The molecule has 0 saturated carbocycles. The summed E-state index contributed by atoms with van der Waals surface area (Å²) in [7, 11) is 0. The quantitative estimate of drug-likeness (QED) is 0.447. The van der Waals surface area contributed by atoms with Crippen LogP contribution in [0.15, 0.2) is 18.2 Å². The Morgan fingerprint density at radius 1 is 1.12 bits per heavy atom. The lowest BCUT2D eigenvalue weighted by Gasteiger charge is -2.05. The van der Waals surface area contributed by atoms with Crippen LogP contribution in [0.2, 0.25) is 0 Å². The van der Waals surface area contributed by atoms with Gasteiger partial charge in [0.15, 0.2) is 5.78 Å². The highest BCUT2D eigenvalue weighted by Gasteiger charge is 2.13. The van der Waals surface area contributed by atoms with Crippen LogP contribution in [0.25, 0.3) is 0 Å². The maximum Gasteiger partial charge on any atom is 0.313 e. The molecule has 0 fully saturated rings. The Bertz CT molecular complexity index is 401. The first kappa shape index (κ1) is 13.4. The van der Waals surface area contributed by atoms with E-state index in [4.69, 9.17) is 4.74 Å². The molecule has 0 bridgehead atoms. The second kappa shape index (κ2) is 6.18. The van der Waals surface area contributed by atoms with Crippen LogP contribution in [0.1, 0.15) is 41.3 Å². The van der Waals surface area contributed by atoms with Crippen LogP contribution in [0, 0.1) is 13.8 Å². The van der Waals surface area contributed by atoms with Gasteiger partial charge in [-0.1, -0.05) is 24.1 Å². The van der Waals surface area contributed by atoms with Crippen molar-refractivity contribution in [2.45, 2.75) is 33.6 Å². The van der Waals surface area contributed by atoms with Gasteiger partial charge in [0.25, 0.3) is 0 Å². The minimum atomic E-state index is -0.448. The van der Waals surface area contributed by atoms with Gasteiger partial charge in [-0.25, -0.2) is 0 Å². The van der Waals surface area contributed by atoms with E-state index in [0.29, 0.717) is 12.2 Å². The molecule has 0 heterocycles. The van der Waals surface area contributed by atoms with Crippen LogP contribution < -0.4 is 0 Å². The molecule has 3 nitrogen and oxygen atoms in total. The lowest BCUT2D eigenvalue weighted by molar-refractivity contribution is -0.142. The summed E-state index contributed by atoms with van der Waals surface area (Å²) in [5.74, 6) is -0.631. The summed E-state index contributed by atoms with van der Waals surface area (Å²) >= 11 is 0. The molecule has 0 N–H and O–H groups in total. The first-order chi connectivity index (χ1) is 8.02. The highest BCUT2D eigenvalue weighted by Crippen LogP contribution is 2.11. The van der Waals surface area contributed by atoms with E-state index in [1.807, 2.05) is 26.8 Å². The molecular weight excluding hydrogens is 216 g/mol. The van der Waals surface area contributed by atoms with Gasteiger partial charge >= 0.3 is 5.97 Å². The lowest BCUT2D eigenvalue weighted by atomic mass is 10.0. The molecular formula is C14H18O3. The molecule has 0 aromatic heterocycles. The highest BCUT2D eigenvalue weighted by molar-refractivity contribution is 6.06. The zero-order valence-electron chi connectivity index (χ0n) is 10.6.